The molecule has 1 fully saturated rings. The maximum atomic E-state index is 10.6. The van der Waals surface area contributed by atoms with Crippen LogP contribution in [0.3, 0.4) is 0 Å². The summed E-state index contributed by atoms with van der Waals surface area (Å²) >= 11 is 3.54. The lowest BCUT2D eigenvalue weighted by Gasteiger charge is -2.32. The normalized spacial score (nSPS) is 24.1. The first-order chi connectivity index (χ1) is 9.61. The van der Waals surface area contributed by atoms with Gasteiger partial charge in [-0.3, -0.25) is 0 Å². The van der Waals surface area contributed by atoms with Gasteiger partial charge in [0, 0.05) is 16.5 Å². The van der Waals surface area contributed by atoms with Crippen LogP contribution in [0.25, 0.3) is 0 Å². The summed E-state index contributed by atoms with van der Waals surface area (Å²) in [6, 6.07) is 6.10. The average Bonchev–Trinajstić information content (AvgIpc) is 2.45. The molecule has 0 saturated heterocycles. The van der Waals surface area contributed by atoms with Crippen LogP contribution >= 0.6 is 15.9 Å². The molecule has 0 spiro atoms. The van der Waals surface area contributed by atoms with Gasteiger partial charge < -0.3 is 9.53 Å². The first kappa shape index (κ1) is 15.6. The van der Waals surface area contributed by atoms with Crippen molar-refractivity contribution in [3.8, 4) is 5.75 Å². The van der Waals surface area contributed by atoms with Gasteiger partial charge in [-0.15, -0.1) is 0 Å². The second kappa shape index (κ2) is 7.26. The van der Waals surface area contributed by atoms with Crippen molar-refractivity contribution in [1.82, 2.24) is 0 Å². The Hall–Kier alpha value is -0.830. The van der Waals surface area contributed by atoms with Gasteiger partial charge in [-0.1, -0.05) is 28.9 Å². The van der Waals surface area contributed by atoms with Crippen molar-refractivity contribution in [3.63, 3.8) is 0 Å². The second-order valence-corrected chi connectivity index (χ2v) is 6.75. The zero-order valence-electron chi connectivity index (χ0n) is 12.3. The molecule has 0 aliphatic heterocycles. The number of aldehydes is 1. The van der Waals surface area contributed by atoms with E-state index in [1.165, 1.54) is 18.4 Å². The van der Waals surface area contributed by atoms with Crippen molar-refractivity contribution in [2.75, 3.05) is 0 Å². The summed E-state index contributed by atoms with van der Waals surface area (Å²) in [6.45, 7) is 4.27. The predicted octanol–water partition coefficient (Wildman–Crippen LogP) is 4.92. The van der Waals surface area contributed by atoms with E-state index in [2.05, 4.69) is 29.8 Å². The van der Waals surface area contributed by atoms with Gasteiger partial charge in [0.05, 0.1) is 6.10 Å². The van der Waals surface area contributed by atoms with Crippen LogP contribution in [0.4, 0.5) is 0 Å². The third-order valence-electron chi connectivity index (χ3n) is 4.50. The van der Waals surface area contributed by atoms with Crippen LogP contribution in [-0.4, -0.2) is 12.4 Å². The van der Waals surface area contributed by atoms with Gasteiger partial charge in [0.2, 0.25) is 0 Å². The maximum absolute atomic E-state index is 10.6. The van der Waals surface area contributed by atoms with E-state index >= 15 is 0 Å². The number of hydrogen-bond donors (Lipinski definition) is 0. The lowest BCUT2D eigenvalue weighted by Crippen LogP contribution is -2.27. The van der Waals surface area contributed by atoms with Crippen LogP contribution in [0, 0.1) is 18.8 Å². The highest BCUT2D eigenvalue weighted by atomic mass is 79.9. The van der Waals surface area contributed by atoms with Gasteiger partial charge in [0.1, 0.15) is 12.0 Å². The molecule has 0 unspecified atom stereocenters. The summed E-state index contributed by atoms with van der Waals surface area (Å²) in [7, 11) is 0. The fourth-order valence-corrected chi connectivity index (χ4v) is 3.36. The minimum absolute atomic E-state index is 0.322. The topological polar surface area (TPSA) is 26.3 Å². The van der Waals surface area contributed by atoms with Gasteiger partial charge in [0.15, 0.2) is 0 Å². The van der Waals surface area contributed by atoms with E-state index in [0.29, 0.717) is 24.4 Å². The highest BCUT2D eigenvalue weighted by molar-refractivity contribution is 9.10. The van der Waals surface area contributed by atoms with Gasteiger partial charge in [-0.2, -0.15) is 0 Å². The molecule has 0 aromatic heterocycles. The fourth-order valence-electron chi connectivity index (χ4n) is 3.01. The Morgan fingerprint density at radius 1 is 1.35 bits per heavy atom. The minimum atomic E-state index is 0.322. The molecule has 110 valence electrons. The second-order valence-electron chi connectivity index (χ2n) is 5.90. The number of ether oxygens (including phenoxy) is 1. The largest absolute Gasteiger partial charge is 0.490 e. The summed E-state index contributed by atoms with van der Waals surface area (Å²) in [4.78, 5) is 10.6. The van der Waals surface area contributed by atoms with E-state index in [4.69, 9.17) is 4.74 Å². The van der Waals surface area contributed by atoms with Crippen molar-refractivity contribution < 1.29 is 9.53 Å². The smallest absolute Gasteiger partial charge is 0.123 e. The molecule has 0 amide bonds. The third kappa shape index (κ3) is 3.85. The van der Waals surface area contributed by atoms with E-state index in [9.17, 15) is 4.79 Å². The Morgan fingerprint density at radius 2 is 2.05 bits per heavy atom. The first-order valence-corrected chi connectivity index (χ1v) is 8.26. The monoisotopic (exact) mass is 338 g/mol. The van der Waals surface area contributed by atoms with Crippen LogP contribution in [0.2, 0.25) is 0 Å². The lowest BCUT2D eigenvalue weighted by atomic mass is 9.78. The fraction of sp³-hybridized carbons (Fsp3) is 0.588. The number of carbonyl (C=O) groups excluding carboxylic acids is 1. The molecule has 20 heavy (non-hydrogen) atoms. The van der Waals surface area contributed by atoms with Gasteiger partial charge in [-0.25, -0.2) is 0 Å². The van der Waals surface area contributed by atoms with Crippen molar-refractivity contribution in [2.45, 2.75) is 52.1 Å². The van der Waals surface area contributed by atoms with Crippen molar-refractivity contribution in [1.29, 1.82) is 0 Å². The molecule has 1 saturated carbocycles. The van der Waals surface area contributed by atoms with Crippen LogP contribution in [0.1, 0.15) is 44.6 Å². The van der Waals surface area contributed by atoms with Crippen LogP contribution in [-0.2, 0) is 4.79 Å². The molecule has 2 nitrogen and oxygen atoms in total. The van der Waals surface area contributed by atoms with Crippen molar-refractivity contribution in [2.24, 2.45) is 11.8 Å². The zero-order chi connectivity index (χ0) is 14.5. The molecule has 0 heterocycles. The Balaban J connectivity index is 1.88. The number of halogens is 1. The van der Waals surface area contributed by atoms with E-state index in [1.807, 2.05) is 18.2 Å². The zero-order valence-corrected chi connectivity index (χ0v) is 13.9. The van der Waals surface area contributed by atoms with E-state index in [1.54, 1.807) is 0 Å². The summed E-state index contributed by atoms with van der Waals surface area (Å²) in [6.07, 6.45) is 6.61. The highest BCUT2D eigenvalue weighted by Gasteiger charge is 2.26. The molecular formula is C17H23BrO2. The Labute approximate surface area is 130 Å². The average molecular weight is 339 g/mol. The molecule has 1 aliphatic carbocycles. The van der Waals surface area contributed by atoms with Crippen LogP contribution < -0.4 is 4.74 Å². The SMILES string of the molecule is Cc1c(Br)cccc1OC1CCC([C@H](C)CC=O)CC1. The molecule has 0 bridgehead atoms. The highest BCUT2D eigenvalue weighted by Crippen LogP contribution is 2.34. The molecule has 1 aromatic rings. The Morgan fingerprint density at radius 3 is 2.70 bits per heavy atom. The number of rotatable bonds is 5. The quantitative estimate of drug-likeness (QED) is 0.712. The molecule has 3 heteroatoms. The summed E-state index contributed by atoms with van der Waals surface area (Å²) in [5.41, 5.74) is 1.17. The molecule has 1 atom stereocenters. The van der Waals surface area contributed by atoms with Crippen LogP contribution in [0.5, 0.6) is 5.75 Å². The molecule has 1 aromatic carbocycles. The number of benzene rings is 1. The van der Waals surface area contributed by atoms with Crippen LogP contribution in [0.15, 0.2) is 22.7 Å². The molecular weight excluding hydrogens is 316 g/mol. The maximum Gasteiger partial charge on any atom is 0.123 e. The molecule has 1 aliphatic rings. The summed E-state index contributed by atoms with van der Waals surface area (Å²) in [5, 5.41) is 0. The molecule has 0 N–H and O–H groups in total. The van der Waals surface area contributed by atoms with E-state index in [-0.39, 0.29) is 0 Å². The third-order valence-corrected chi connectivity index (χ3v) is 5.36. The Bertz CT molecular complexity index is 450. The molecule has 2 rings (SSSR count). The van der Waals surface area contributed by atoms with Crippen molar-refractivity contribution in [3.05, 3.63) is 28.2 Å². The first-order valence-electron chi connectivity index (χ1n) is 7.47. The predicted molar refractivity (Wildman–Crippen MR) is 85.1 cm³/mol. The van der Waals surface area contributed by atoms with E-state index in [0.717, 1.165) is 29.4 Å². The number of carbonyl (C=O) groups is 1. The minimum Gasteiger partial charge on any atom is -0.490 e. The summed E-state index contributed by atoms with van der Waals surface area (Å²) < 4.78 is 7.26. The van der Waals surface area contributed by atoms with Gasteiger partial charge >= 0.3 is 0 Å². The Kier molecular flexibility index (Phi) is 5.64. The summed E-state index contributed by atoms with van der Waals surface area (Å²) in [5.74, 6) is 2.19. The standard InChI is InChI=1S/C17H23BrO2/c1-12(10-11-19)14-6-8-15(9-7-14)20-17-5-3-4-16(18)13(17)2/h3-5,11-12,14-15H,6-10H2,1-2H3/t12-,14?,15?/m1/s1. The number of hydrogen-bond acceptors (Lipinski definition) is 2. The van der Waals surface area contributed by atoms with Crippen molar-refractivity contribution >= 4 is 22.2 Å². The van der Waals surface area contributed by atoms with Gasteiger partial charge in [0.25, 0.3) is 0 Å². The van der Waals surface area contributed by atoms with Gasteiger partial charge in [-0.05, 0) is 56.6 Å². The lowest BCUT2D eigenvalue weighted by molar-refractivity contribution is -0.109. The molecule has 0 radical (unpaired) electrons. The van der Waals surface area contributed by atoms with E-state index < -0.39 is 0 Å².